The molecule has 0 atom stereocenters. The maximum atomic E-state index is 3.59. The van der Waals surface area contributed by atoms with E-state index < -0.39 is 0 Å². The minimum Gasteiger partial charge on any atom is -0.369 e. The van der Waals surface area contributed by atoms with Crippen molar-refractivity contribution in [2.75, 3.05) is 38.1 Å². The second-order valence-electron chi connectivity index (χ2n) is 4.68. The van der Waals surface area contributed by atoms with E-state index in [9.17, 15) is 0 Å². The highest BCUT2D eigenvalue weighted by Crippen LogP contribution is 2.27. The largest absolute Gasteiger partial charge is 0.369 e. The summed E-state index contributed by atoms with van der Waals surface area (Å²) in [6, 6.07) is 4.52. The highest BCUT2D eigenvalue weighted by molar-refractivity contribution is 9.10. The molecule has 1 fully saturated rings. The summed E-state index contributed by atoms with van der Waals surface area (Å²) in [4.78, 5) is 4.88. The van der Waals surface area contributed by atoms with Gasteiger partial charge in [-0.25, -0.2) is 0 Å². The predicted molar refractivity (Wildman–Crippen MR) is 73.3 cm³/mol. The van der Waals surface area contributed by atoms with Gasteiger partial charge in [0.05, 0.1) is 0 Å². The number of benzene rings is 1. The Kier molecular flexibility index (Phi) is 3.55. The second-order valence-corrected chi connectivity index (χ2v) is 5.53. The quantitative estimate of drug-likeness (QED) is 0.782. The molecule has 1 aliphatic rings. The molecular formula is C13H19BrN2. The van der Waals surface area contributed by atoms with E-state index in [0.29, 0.717) is 0 Å². The summed E-state index contributed by atoms with van der Waals surface area (Å²) in [7, 11) is 2.19. The van der Waals surface area contributed by atoms with Crippen LogP contribution >= 0.6 is 15.9 Å². The van der Waals surface area contributed by atoms with Gasteiger partial charge in [-0.3, -0.25) is 0 Å². The van der Waals surface area contributed by atoms with Crippen molar-refractivity contribution in [3.05, 3.63) is 27.7 Å². The number of rotatable bonds is 1. The smallest absolute Gasteiger partial charge is 0.0400 e. The number of likely N-dealkylation sites (N-methyl/N-ethyl adjacent to an activating group) is 1. The van der Waals surface area contributed by atoms with E-state index in [4.69, 9.17) is 0 Å². The van der Waals surface area contributed by atoms with Crippen molar-refractivity contribution in [2.24, 2.45) is 0 Å². The van der Waals surface area contributed by atoms with Crippen LogP contribution in [0.1, 0.15) is 11.1 Å². The summed E-state index contributed by atoms with van der Waals surface area (Å²) in [6.07, 6.45) is 0. The molecule has 0 N–H and O–H groups in total. The van der Waals surface area contributed by atoms with Gasteiger partial charge < -0.3 is 9.80 Å². The average Bonchev–Trinajstić information content (AvgIpc) is 2.25. The van der Waals surface area contributed by atoms with Crippen LogP contribution < -0.4 is 4.90 Å². The molecule has 0 saturated carbocycles. The van der Waals surface area contributed by atoms with Gasteiger partial charge in [0.25, 0.3) is 0 Å². The van der Waals surface area contributed by atoms with Crippen molar-refractivity contribution in [3.8, 4) is 0 Å². The average molecular weight is 283 g/mol. The number of hydrogen-bond donors (Lipinski definition) is 0. The van der Waals surface area contributed by atoms with Crippen LogP contribution in [0.15, 0.2) is 16.6 Å². The van der Waals surface area contributed by atoms with Gasteiger partial charge in [-0.15, -0.1) is 0 Å². The fraction of sp³-hybridized carbons (Fsp3) is 0.538. The molecule has 1 saturated heterocycles. The van der Waals surface area contributed by atoms with E-state index in [-0.39, 0.29) is 0 Å². The summed E-state index contributed by atoms with van der Waals surface area (Å²) in [5.41, 5.74) is 4.08. The van der Waals surface area contributed by atoms with Crippen molar-refractivity contribution >= 4 is 21.6 Å². The second kappa shape index (κ2) is 4.76. The Labute approximate surface area is 106 Å². The molecule has 0 bridgehead atoms. The van der Waals surface area contributed by atoms with Crippen LogP contribution in [0, 0.1) is 13.8 Å². The first-order valence-corrected chi connectivity index (χ1v) is 6.57. The first kappa shape index (κ1) is 11.9. The molecule has 1 heterocycles. The number of anilines is 1. The van der Waals surface area contributed by atoms with Crippen molar-refractivity contribution in [3.63, 3.8) is 0 Å². The number of nitrogens with zero attached hydrogens (tertiary/aromatic N) is 2. The number of hydrogen-bond acceptors (Lipinski definition) is 2. The third-order valence-electron chi connectivity index (χ3n) is 3.32. The molecular weight excluding hydrogens is 264 g/mol. The fourth-order valence-corrected chi connectivity index (χ4v) is 2.61. The van der Waals surface area contributed by atoms with Gasteiger partial charge in [-0.1, -0.05) is 15.9 Å². The Morgan fingerprint density at radius 2 is 1.62 bits per heavy atom. The molecule has 1 aromatic carbocycles. The van der Waals surface area contributed by atoms with Gasteiger partial charge in [0.1, 0.15) is 0 Å². The van der Waals surface area contributed by atoms with Crippen molar-refractivity contribution in [1.29, 1.82) is 0 Å². The van der Waals surface area contributed by atoms with Crippen LogP contribution in [-0.2, 0) is 0 Å². The third kappa shape index (κ3) is 2.41. The molecule has 1 aliphatic heterocycles. The maximum absolute atomic E-state index is 3.59. The lowest BCUT2D eigenvalue weighted by atomic mass is 10.1. The van der Waals surface area contributed by atoms with Crippen LogP contribution in [0.2, 0.25) is 0 Å². The Balaban J connectivity index is 2.23. The molecule has 0 amide bonds. The predicted octanol–water partition coefficient (Wildman–Crippen LogP) is 2.82. The summed E-state index contributed by atoms with van der Waals surface area (Å²) in [5, 5.41) is 0. The van der Waals surface area contributed by atoms with Gasteiger partial charge in [-0.2, -0.15) is 0 Å². The first-order valence-electron chi connectivity index (χ1n) is 5.78. The van der Waals surface area contributed by atoms with E-state index in [2.05, 4.69) is 58.8 Å². The van der Waals surface area contributed by atoms with Crippen LogP contribution in [0.25, 0.3) is 0 Å². The molecule has 2 nitrogen and oxygen atoms in total. The molecule has 3 heteroatoms. The molecule has 1 aromatic rings. The van der Waals surface area contributed by atoms with E-state index in [1.54, 1.807) is 0 Å². The van der Waals surface area contributed by atoms with E-state index in [1.165, 1.54) is 21.3 Å². The van der Waals surface area contributed by atoms with Crippen molar-refractivity contribution < 1.29 is 0 Å². The number of aryl methyl sites for hydroxylation is 2. The number of piperazine rings is 1. The monoisotopic (exact) mass is 282 g/mol. The van der Waals surface area contributed by atoms with Crippen LogP contribution in [0.3, 0.4) is 0 Å². The Morgan fingerprint density at radius 1 is 1.00 bits per heavy atom. The molecule has 88 valence electrons. The molecule has 0 unspecified atom stereocenters. The Hall–Kier alpha value is -0.540. The van der Waals surface area contributed by atoms with Gasteiger partial charge in [0.2, 0.25) is 0 Å². The zero-order valence-corrected chi connectivity index (χ0v) is 11.8. The van der Waals surface area contributed by atoms with Gasteiger partial charge >= 0.3 is 0 Å². The lowest BCUT2D eigenvalue weighted by molar-refractivity contribution is 0.312. The van der Waals surface area contributed by atoms with Crippen LogP contribution in [0.4, 0.5) is 5.69 Å². The summed E-state index contributed by atoms with van der Waals surface area (Å²) in [5.74, 6) is 0. The van der Waals surface area contributed by atoms with Crippen LogP contribution in [-0.4, -0.2) is 38.1 Å². The molecule has 0 radical (unpaired) electrons. The molecule has 0 aromatic heterocycles. The molecule has 16 heavy (non-hydrogen) atoms. The van der Waals surface area contributed by atoms with Gasteiger partial charge in [0.15, 0.2) is 0 Å². The zero-order valence-electron chi connectivity index (χ0n) is 10.3. The Bertz CT molecular complexity index is 382. The van der Waals surface area contributed by atoms with E-state index >= 15 is 0 Å². The highest BCUT2D eigenvalue weighted by atomic mass is 79.9. The van der Waals surface area contributed by atoms with Crippen molar-refractivity contribution in [2.45, 2.75) is 13.8 Å². The SMILES string of the molecule is Cc1cc(N2CCN(C)CC2)c(C)cc1Br. The van der Waals surface area contributed by atoms with Crippen molar-refractivity contribution in [1.82, 2.24) is 4.90 Å². The fourth-order valence-electron chi connectivity index (χ4n) is 2.15. The van der Waals surface area contributed by atoms with E-state index in [1.807, 2.05) is 0 Å². The maximum Gasteiger partial charge on any atom is 0.0400 e. The summed E-state index contributed by atoms with van der Waals surface area (Å²) < 4.78 is 1.21. The summed E-state index contributed by atoms with van der Waals surface area (Å²) in [6.45, 7) is 8.95. The minimum atomic E-state index is 1.14. The van der Waals surface area contributed by atoms with Gasteiger partial charge in [-0.05, 0) is 44.2 Å². The standard InChI is InChI=1S/C13H19BrN2/c1-10-9-13(11(2)8-12(10)14)16-6-4-15(3)5-7-16/h8-9H,4-7H2,1-3H3. The first-order chi connectivity index (χ1) is 7.58. The van der Waals surface area contributed by atoms with Gasteiger partial charge in [0, 0.05) is 36.3 Å². The summed E-state index contributed by atoms with van der Waals surface area (Å²) >= 11 is 3.59. The Morgan fingerprint density at radius 3 is 2.25 bits per heavy atom. The highest BCUT2D eigenvalue weighted by Gasteiger charge is 2.16. The van der Waals surface area contributed by atoms with E-state index in [0.717, 1.165) is 26.2 Å². The lowest BCUT2D eigenvalue weighted by Gasteiger charge is -2.35. The van der Waals surface area contributed by atoms with Crippen LogP contribution in [0.5, 0.6) is 0 Å². The topological polar surface area (TPSA) is 6.48 Å². The third-order valence-corrected chi connectivity index (χ3v) is 4.18. The molecule has 0 aliphatic carbocycles. The lowest BCUT2D eigenvalue weighted by Crippen LogP contribution is -2.44. The normalized spacial score (nSPS) is 17.9. The zero-order chi connectivity index (χ0) is 11.7. The minimum absolute atomic E-state index is 1.14. The molecule has 2 rings (SSSR count). The molecule has 0 spiro atoms. The number of halogens is 1.